The number of anilines is 1. The molecule has 0 aliphatic heterocycles. The van der Waals surface area contributed by atoms with Gasteiger partial charge in [-0.15, -0.1) is 0 Å². The van der Waals surface area contributed by atoms with Gasteiger partial charge >= 0.3 is 11.9 Å². The zero-order valence-corrected chi connectivity index (χ0v) is 15.6. The van der Waals surface area contributed by atoms with Crippen molar-refractivity contribution >= 4 is 27.6 Å². The molecule has 0 atom stereocenters. The van der Waals surface area contributed by atoms with Crippen LogP contribution in [0.2, 0.25) is 0 Å². The molecule has 0 aromatic heterocycles. The smallest absolute Gasteiger partial charge is 0.323 e. The lowest BCUT2D eigenvalue weighted by Gasteiger charge is -2.19. The monoisotopic (exact) mass is 372 g/mol. The first-order valence-electron chi connectivity index (χ1n) is 7.58. The normalized spacial score (nSPS) is 12.0. The average molecular weight is 372 g/mol. The van der Waals surface area contributed by atoms with E-state index >= 15 is 0 Å². The van der Waals surface area contributed by atoms with Gasteiger partial charge in [-0.2, -0.15) is 0 Å². The maximum Gasteiger partial charge on any atom is 0.323 e. The van der Waals surface area contributed by atoms with Crippen molar-refractivity contribution in [3.8, 4) is 0 Å². The van der Waals surface area contributed by atoms with E-state index in [9.17, 15) is 18.0 Å². The fourth-order valence-corrected chi connectivity index (χ4v) is 2.96. The molecule has 1 rings (SSSR count). The van der Waals surface area contributed by atoms with E-state index in [0.29, 0.717) is 12.2 Å². The minimum atomic E-state index is -3.87. The molecule has 0 amide bonds. The molecule has 9 heteroatoms. The number of carboxylic acids is 1. The van der Waals surface area contributed by atoms with Crippen molar-refractivity contribution in [1.29, 1.82) is 0 Å². The van der Waals surface area contributed by atoms with Crippen molar-refractivity contribution in [2.75, 3.05) is 24.1 Å². The van der Waals surface area contributed by atoms with Crippen LogP contribution in [-0.4, -0.2) is 55.3 Å². The van der Waals surface area contributed by atoms with Crippen molar-refractivity contribution in [2.45, 2.75) is 32.9 Å². The highest BCUT2D eigenvalue weighted by Crippen LogP contribution is 2.14. The van der Waals surface area contributed by atoms with Gasteiger partial charge in [0.25, 0.3) is 0 Å². The third-order valence-corrected chi connectivity index (χ3v) is 3.98. The van der Waals surface area contributed by atoms with Crippen LogP contribution in [0, 0.1) is 0 Å². The quantitative estimate of drug-likeness (QED) is 0.661. The van der Waals surface area contributed by atoms with E-state index in [-0.39, 0.29) is 6.54 Å². The van der Waals surface area contributed by atoms with Crippen LogP contribution >= 0.6 is 0 Å². The van der Waals surface area contributed by atoms with Gasteiger partial charge in [-0.25, -0.2) is 8.42 Å². The first-order chi connectivity index (χ1) is 11.4. The molecule has 0 saturated heterocycles. The molecule has 1 aromatic carbocycles. The maximum absolute atomic E-state index is 12.0. The van der Waals surface area contributed by atoms with Crippen LogP contribution < -0.4 is 4.72 Å². The molecule has 0 aliphatic carbocycles. The molecule has 0 bridgehead atoms. The van der Waals surface area contributed by atoms with Gasteiger partial charge in [-0.3, -0.25) is 19.2 Å². The Balaban J connectivity index is 2.64. The Bertz CT molecular complexity index is 707. The second-order valence-corrected chi connectivity index (χ2v) is 8.43. The fourth-order valence-electron chi connectivity index (χ4n) is 2.02. The summed E-state index contributed by atoms with van der Waals surface area (Å²) < 4.78 is 31.3. The highest BCUT2D eigenvalue weighted by molar-refractivity contribution is 7.93. The molecule has 0 saturated carbocycles. The molecule has 0 aliphatic rings. The summed E-state index contributed by atoms with van der Waals surface area (Å²) in [4.78, 5) is 23.9. The molecule has 2 N–H and O–H groups in total. The molecule has 0 radical (unpaired) electrons. The Morgan fingerprint density at radius 2 is 1.76 bits per heavy atom. The summed E-state index contributed by atoms with van der Waals surface area (Å²) in [7, 11) is -2.20. The standard InChI is InChI=1S/C16H24N2O6S/c1-16(2,3)24-15(21)11-25(22,23)17-13-7-5-12(6-8-13)9-18(4)10-14(19)20/h5-8,17H,9-11H2,1-4H3,(H,19,20). The Kier molecular flexibility index (Phi) is 6.95. The number of hydrogen-bond acceptors (Lipinski definition) is 6. The third kappa shape index (κ3) is 9.06. The van der Waals surface area contributed by atoms with Crippen molar-refractivity contribution in [3.05, 3.63) is 29.8 Å². The summed E-state index contributed by atoms with van der Waals surface area (Å²) in [6.45, 7) is 5.29. The lowest BCUT2D eigenvalue weighted by molar-refractivity contribution is -0.151. The van der Waals surface area contributed by atoms with Gasteiger partial charge < -0.3 is 9.84 Å². The van der Waals surface area contributed by atoms with Gasteiger partial charge in [-0.05, 0) is 45.5 Å². The molecule has 8 nitrogen and oxygen atoms in total. The van der Waals surface area contributed by atoms with Gasteiger partial charge in [-0.1, -0.05) is 12.1 Å². The van der Waals surface area contributed by atoms with E-state index in [2.05, 4.69) is 4.72 Å². The fraction of sp³-hybridized carbons (Fsp3) is 0.500. The zero-order valence-electron chi connectivity index (χ0n) is 14.8. The molecule has 1 aromatic rings. The minimum absolute atomic E-state index is 0.0930. The number of carboxylic acid groups (broad SMARTS) is 1. The lowest BCUT2D eigenvalue weighted by atomic mass is 10.2. The number of rotatable bonds is 8. The molecule has 0 unspecified atom stereocenters. The molecule has 25 heavy (non-hydrogen) atoms. The number of nitrogens with zero attached hydrogens (tertiary/aromatic N) is 1. The van der Waals surface area contributed by atoms with Crippen molar-refractivity contribution in [3.63, 3.8) is 0 Å². The number of esters is 1. The summed E-state index contributed by atoms with van der Waals surface area (Å²) in [6, 6.07) is 6.47. The SMILES string of the molecule is CN(CC(=O)O)Cc1ccc(NS(=O)(=O)CC(=O)OC(C)(C)C)cc1. The number of likely N-dealkylation sites (N-methyl/N-ethyl adjacent to an activating group) is 1. The third-order valence-electron chi connectivity index (χ3n) is 2.81. The predicted molar refractivity (Wildman–Crippen MR) is 93.7 cm³/mol. The largest absolute Gasteiger partial charge is 0.480 e. The van der Waals surface area contributed by atoms with E-state index < -0.39 is 33.3 Å². The molecule has 0 fully saturated rings. The first-order valence-corrected chi connectivity index (χ1v) is 9.23. The highest BCUT2D eigenvalue weighted by Gasteiger charge is 2.22. The number of hydrogen-bond donors (Lipinski definition) is 2. The Labute approximate surface area is 147 Å². The van der Waals surface area contributed by atoms with Crippen molar-refractivity contribution in [1.82, 2.24) is 4.90 Å². The minimum Gasteiger partial charge on any atom is -0.480 e. The first kappa shape index (κ1) is 20.9. The van der Waals surface area contributed by atoms with Gasteiger partial charge in [0, 0.05) is 12.2 Å². The van der Waals surface area contributed by atoms with Crippen LogP contribution in [0.5, 0.6) is 0 Å². The number of benzene rings is 1. The van der Waals surface area contributed by atoms with E-state index in [4.69, 9.17) is 9.84 Å². The Morgan fingerprint density at radius 1 is 1.20 bits per heavy atom. The molecule has 0 spiro atoms. The average Bonchev–Trinajstić information content (AvgIpc) is 2.36. The van der Waals surface area contributed by atoms with E-state index in [1.807, 2.05) is 0 Å². The second-order valence-electron chi connectivity index (χ2n) is 6.71. The molecular formula is C16H24N2O6S. The topological polar surface area (TPSA) is 113 Å². The lowest BCUT2D eigenvalue weighted by Crippen LogP contribution is -2.30. The zero-order chi connectivity index (χ0) is 19.3. The summed E-state index contributed by atoms with van der Waals surface area (Å²) in [5.41, 5.74) is 0.392. The second kappa shape index (κ2) is 8.30. The number of carbonyl (C=O) groups excluding carboxylic acids is 1. The number of carbonyl (C=O) groups is 2. The summed E-state index contributed by atoms with van der Waals surface area (Å²) in [5.74, 6) is -2.52. The summed E-state index contributed by atoms with van der Waals surface area (Å²) in [6.07, 6.45) is 0. The van der Waals surface area contributed by atoms with Gasteiger partial charge in [0.15, 0.2) is 5.75 Å². The summed E-state index contributed by atoms with van der Waals surface area (Å²) in [5, 5.41) is 8.72. The van der Waals surface area contributed by atoms with Crippen LogP contribution in [0.1, 0.15) is 26.3 Å². The van der Waals surface area contributed by atoms with Crippen LogP contribution in [0.25, 0.3) is 0 Å². The van der Waals surface area contributed by atoms with E-state index in [1.54, 1.807) is 57.0 Å². The van der Waals surface area contributed by atoms with Crippen LogP contribution in [0.3, 0.4) is 0 Å². The van der Waals surface area contributed by atoms with Gasteiger partial charge in [0.1, 0.15) is 5.60 Å². The van der Waals surface area contributed by atoms with E-state index in [1.165, 1.54) is 0 Å². The number of sulfonamides is 1. The number of nitrogens with one attached hydrogen (secondary N) is 1. The van der Waals surface area contributed by atoms with Gasteiger partial charge in [0.05, 0.1) is 6.54 Å². The number of aliphatic carboxylic acids is 1. The molecule has 140 valence electrons. The highest BCUT2D eigenvalue weighted by atomic mass is 32.2. The molecule has 0 heterocycles. The van der Waals surface area contributed by atoms with Crippen molar-refractivity contribution < 1.29 is 27.9 Å². The predicted octanol–water partition coefficient (Wildman–Crippen LogP) is 1.29. The van der Waals surface area contributed by atoms with Crippen LogP contribution in [0.15, 0.2) is 24.3 Å². The Morgan fingerprint density at radius 3 is 2.24 bits per heavy atom. The summed E-state index contributed by atoms with van der Waals surface area (Å²) >= 11 is 0. The van der Waals surface area contributed by atoms with Crippen molar-refractivity contribution in [2.24, 2.45) is 0 Å². The van der Waals surface area contributed by atoms with Gasteiger partial charge in [0.2, 0.25) is 10.0 Å². The van der Waals surface area contributed by atoms with Crippen LogP contribution in [-0.2, 0) is 30.9 Å². The number of ether oxygens (including phenoxy) is 1. The van der Waals surface area contributed by atoms with Crippen LogP contribution in [0.4, 0.5) is 5.69 Å². The van der Waals surface area contributed by atoms with E-state index in [0.717, 1.165) is 5.56 Å². The molecular weight excluding hydrogens is 348 g/mol. The Hall–Kier alpha value is -2.13. The maximum atomic E-state index is 12.0.